The van der Waals surface area contributed by atoms with E-state index in [2.05, 4.69) is 15.5 Å². The van der Waals surface area contributed by atoms with Crippen LogP contribution in [0.3, 0.4) is 0 Å². The van der Waals surface area contributed by atoms with Gasteiger partial charge in [-0.3, -0.25) is 9.59 Å². The van der Waals surface area contributed by atoms with Crippen molar-refractivity contribution >= 4 is 29.1 Å². The molecule has 6 nitrogen and oxygen atoms in total. The van der Waals surface area contributed by atoms with Gasteiger partial charge in [0.2, 0.25) is 5.91 Å². The fourth-order valence-electron chi connectivity index (χ4n) is 4.14. The van der Waals surface area contributed by atoms with Gasteiger partial charge in [0.15, 0.2) is 5.11 Å². The number of nitrogens with one attached hydrogen (secondary N) is 2. The molecule has 1 atom stereocenters. The van der Waals surface area contributed by atoms with Crippen LogP contribution in [-0.2, 0) is 4.79 Å². The molecule has 0 aromatic heterocycles. The molecule has 2 aliphatic heterocycles. The minimum Gasteiger partial charge on any atom is -0.363 e. The Morgan fingerprint density at radius 1 is 1.07 bits per heavy atom. The molecule has 0 saturated carbocycles. The first-order valence-corrected chi connectivity index (χ1v) is 11.1. The van der Waals surface area contributed by atoms with Crippen LogP contribution in [0.1, 0.15) is 48.5 Å². The monoisotopic (exact) mass is 416 g/mol. The summed E-state index contributed by atoms with van der Waals surface area (Å²) in [6, 6.07) is 7.01. The summed E-state index contributed by atoms with van der Waals surface area (Å²) < 4.78 is 0. The van der Waals surface area contributed by atoms with Gasteiger partial charge < -0.3 is 20.4 Å². The molecule has 2 aliphatic rings. The van der Waals surface area contributed by atoms with Gasteiger partial charge in [-0.1, -0.05) is 17.7 Å². The van der Waals surface area contributed by atoms with E-state index in [0.717, 1.165) is 69.1 Å². The van der Waals surface area contributed by atoms with Gasteiger partial charge in [0.05, 0.1) is 0 Å². The first-order valence-electron chi connectivity index (χ1n) is 10.7. The first kappa shape index (κ1) is 21.6. The molecule has 2 saturated heterocycles. The highest BCUT2D eigenvalue weighted by Crippen LogP contribution is 2.24. The molecular weight excluding hydrogens is 384 g/mol. The number of nitrogens with zero attached hydrogens (tertiary/aromatic N) is 2. The van der Waals surface area contributed by atoms with Crippen LogP contribution in [0.2, 0.25) is 0 Å². The lowest BCUT2D eigenvalue weighted by Gasteiger charge is -2.38. The van der Waals surface area contributed by atoms with Crippen molar-refractivity contribution in [2.75, 3.05) is 32.7 Å². The summed E-state index contributed by atoms with van der Waals surface area (Å²) in [4.78, 5) is 30.2. The van der Waals surface area contributed by atoms with Crippen LogP contribution in [0.5, 0.6) is 0 Å². The minimum atomic E-state index is -0.475. The number of thiocarbonyl (C=S) groups is 1. The van der Waals surface area contributed by atoms with E-state index in [0.29, 0.717) is 5.56 Å². The molecule has 158 valence electrons. The summed E-state index contributed by atoms with van der Waals surface area (Å²) in [7, 11) is 0. The highest BCUT2D eigenvalue weighted by molar-refractivity contribution is 7.80. The summed E-state index contributed by atoms with van der Waals surface area (Å²) in [6.45, 7) is 8.03. The van der Waals surface area contributed by atoms with Gasteiger partial charge in [-0.25, -0.2) is 0 Å². The second kappa shape index (κ2) is 10.1. The van der Waals surface area contributed by atoms with Crippen molar-refractivity contribution in [2.24, 2.45) is 5.92 Å². The van der Waals surface area contributed by atoms with E-state index >= 15 is 0 Å². The van der Waals surface area contributed by atoms with E-state index in [1.165, 1.54) is 0 Å². The average Bonchev–Trinajstić information content (AvgIpc) is 3.27. The second-order valence-electron chi connectivity index (χ2n) is 8.01. The number of likely N-dealkylation sites (tertiary alicyclic amines) is 2. The Morgan fingerprint density at radius 3 is 2.28 bits per heavy atom. The van der Waals surface area contributed by atoms with E-state index in [1.54, 1.807) is 0 Å². The molecule has 1 aromatic rings. The quantitative estimate of drug-likeness (QED) is 0.722. The van der Waals surface area contributed by atoms with Crippen molar-refractivity contribution in [2.45, 2.75) is 45.6 Å². The van der Waals surface area contributed by atoms with Crippen molar-refractivity contribution < 1.29 is 9.59 Å². The third-order valence-corrected chi connectivity index (χ3v) is 6.31. The van der Waals surface area contributed by atoms with Crippen molar-refractivity contribution in [3.05, 3.63) is 35.4 Å². The van der Waals surface area contributed by atoms with E-state index < -0.39 is 6.04 Å². The Kier molecular flexibility index (Phi) is 7.47. The fraction of sp³-hybridized carbons (Fsp3) is 0.591. The second-order valence-corrected chi connectivity index (χ2v) is 8.40. The highest BCUT2D eigenvalue weighted by atomic mass is 32.1. The number of hydrogen-bond donors (Lipinski definition) is 2. The van der Waals surface area contributed by atoms with Crippen molar-refractivity contribution in [3.63, 3.8) is 0 Å². The molecule has 0 spiro atoms. The lowest BCUT2D eigenvalue weighted by Crippen LogP contribution is -2.55. The Hall–Kier alpha value is -2.15. The van der Waals surface area contributed by atoms with E-state index in [1.807, 2.05) is 43.0 Å². The smallest absolute Gasteiger partial charge is 0.251 e. The number of amides is 2. The molecule has 0 radical (unpaired) electrons. The number of hydrogen-bond acceptors (Lipinski definition) is 3. The first-order chi connectivity index (χ1) is 14.0. The third-order valence-electron chi connectivity index (χ3n) is 5.91. The summed E-state index contributed by atoms with van der Waals surface area (Å²) in [5.41, 5.74) is 1.70. The largest absolute Gasteiger partial charge is 0.363 e. The lowest BCUT2D eigenvalue weighted by atomic mass is 9.88. The predicted octanol–water partition coefficient (Wildman–Crippen LogP) is 2.32. The number of carbonyl (C=O) groups excluding carboxylic acids is 2. The van der Waals surface area contributed by atoms with E-state index in [9.17, 15) is 9.59 Å². The SMILES string of the molecule is CCNC(=S)N1CCC([C@H](NC(=O)c2ccc(C)cc2)C(=O)N2CCCC2)CC1. The zero-order chi connectivity index (χ0) is 20.8. The molecule has 1 aromatic carbocycles. The van der Waals surface area contributed by atoms with Gasteiger partial charge in [0.1, 0.15) is 6.04 Å². The molecule has 7 heteroatoms. The standard InChI is InChI=1S/C22H32N4O2S/c1-3-23-22(29)26-14-10-17(11-15-26)19(21(28)25-12-4-5-13-25)24-20(27)18-8-6-16(2)7-9-18/h6-9,17,19H,3-5,10-15H2,1-2H3,(H,23,29)(H,24,27)/t19-/m0/s1. The molecule has 3 rings (SSSR count). The summed E-state index contributed by atoms with van der Waals surface area (Å²) in [5, 5.41) is 7.04. The van der Waals surface area contributed by atoms with Crippen molar-refractivity contribution in [1.82, 2.24) is 20.4 Å². The Labute approximate surface area is 179 Å². The van der Waals surface area contributed by atoms with Gasteiger partial charge >= 0.3 is 0 Å². The van der Waals surface area contributed by atoms with Crippen LogP contribution in [-0.4, -0.2) is 65.5 Å². The molecule has 2 fully saturated rings. The molecular formula is C22H32N4O2S. The topological polar surface area (TPSA) is 64.7 Å². The van der Waals surface area contributed by atoms with E-state index in [4.69, 9.17) is 12.2 Å². The Morgan fingerprint density at radius 2 is 1.69 bits per heavy atom. The zero-order valence-electron chi connectivity index (χ0n) is 17.4. The number of benzene rings is 1. The molecule has 2 amide bonds. The zero-order valence-corrected chi connectivity index (χ0v) is 18.3. The minimum absolute atomic E-state index is 0.0654. The van der Waals surface area contributed by atoms with Gasteiger partial charge in [0.25, 0.3) is 5.91 Å². The predicted molar refractivity (Wildman–Crippen MR) is 119 cm³/mol. The Bertz CT molecular complexity index is 723. The van der Waals surface area contributed by atoms with Crippen LogP contribution in [0.4, 0.5) is 0 Å². The number of aryl methyl sites for hydroxylation is 1. The third kappa shape index (κ3) is 5.47. The maximum atomic E-state index is 13.2. The molecule has 2 heterocycles. The highest BCUT2D eigenvalue weighted by Gasteiger charge is 2.36. The van der Waals surface area contributed by atoms with Crippen LogP contribution < -0.4 is 10.6 Å². The van der Waals surface area contributed by atoms with Crippen molar-refractivity contribution in [1.29, 1.82) is 0 Å². The van der Waals surface area contributed by atoms with Gasteiger partial charge in [-0.15, -0.1) is 0 Å². The number of rotatable bonds is 5. The lowest BCUT2D eigenvalue weighted by molar-refractivity contribution is -0.134. The summed E-state index contributed by atoms with van der Waals surface area (Å²) in [5.74, 6) is 0.0157. The van der Waals surface area contributed by atoms with Crippen LogP contribution in [0.15, 0.2) is 24.3 Å². The molecule has 0 aliphatic carbocycles. The van der Waals surface area contributed by atoms with E-state index in [-0.39, 0.29) is 17.7 Å². The van der Waals surface area contributed by atoms with Crippen LogP contribution in [0.25, 0.3) is 0 Å². The maximum Gasteiger partial charge on any atom is 0.251 e. The molecule has 29 heavy (non-hydrogen) atoms. The molecule has 0 bridgehead atoms. The number of piperidine rings is 1. The average molecular weight is 417 g/mol. The summed E-state index contributed by atoms with van der Waals surface area (Å²) in [6.07, 6.45) is 3.76. The van der Waals surface area contributed by atoms with Crippen LogP contribution in [0, 0.1) is 12.8 Å². The molecule has 0 unspecified atom stereocenters. The van der Waals surface area contributed by atoms with Crippen molar-refractivity contribution in [3.8, 4) is 0 Å². The number of carbonyl (C=O) groups is 2. The van der Waals surface area contributed by atoms with Gasteiger partial charge in [-0.2, -0.15) is 0 Å². The normalized spacial score (nSPS) is 18.4. The summed E-state index contributed by atoms with van der Waals surface area (Å²) >= 11 is 5.43. The Balaban J connectivity index is 1.70. The van der Waals surface area contributed by atoms with Gasteiger partial charge in [0, 0.05) is 38.3 Å². The van der Waals surface area contributed by atoms with Crippen LogP contribution >= 0.6 is 12.2 Å². The fourth-order valence-corrected chi connectivity index (χ4v) is 4.47. The van der Waals surface area contributed by atoms with Gasteiger partial charge in [-0.05, 0) is 69.8 Å². The maximum absolute atomic E-state index is 13.2. The molecule has 2 N–H and O–H groups in total.